The molecule has 0 saturated carbocycles. The Hall–Kier alpha value is -4.18. The number of aliphatic imine (C=N–C) groups is 4. The largest absolute Gasteiger partial charge is 0.249 e. The van der Waals surface area contributed by atoms with Crippen molar-refractivity contribution in [1.29, 1.82) is 0 Å². The summed E-state index contributed by atoms with van der Waals surface area (Å²) in [6, 6.07) is 6.99. The van der Waals surface area contributed by atoms with Crippen molar-refractivity contribution in [2.24, 2.45) is 20.0 Å². The molecule has 188 valence electrons. The van der Waals surface area contributed by atoms with E-state index in [2.05, 4.69) is 71.9 Å². The van der Waals surface area contributed by atoms with Crippen LogP contribution in [-0.4, -0.2) is 22.8 Å². The summed E-state index contributed by atoms with van der Waals surface area (Å²) in [5.74, 6) is 0. The Morgan fingerprint density at radius 3 is 1.37 bits per heavy atom. The summed E-state index contributed by atoms with van der Waals surface area (Å²) in [7, 11) is 0. The molecule has 0 amide bonds. The Morgan fingerprint density at radius 1 is 0.447 bits per heavy atom. The Morgan fingerprint density at radius 2 is 0.895 bits per heavy atom. The van der Waals surface area contributed by atoms with E-state index in [1.807, 2.05) is 54.7 Å². The van der Waals surface area contributed by atoms with E-state index in [0.29, 0.717) is 0 Å². The second-order valence-corrected chi connectivity index (χ2v) is 12.2. The summed E-state index contributed by atoms with van der Waals surface area (Å²) in [4.78, 5) is 19.4. The highest BCUT2D eigenvalue weighted by Gasteiger charge is 2.24. The maximum absolute atomic E-state index is 5.05. The van der Waals surface area contributed by atoms with Gasteiger partial charge in [-0.15, -0.1) is 0 Å². The van der Waals surface area contributed by atoms with E-state index >= 15 is 0 Å². The van der Waals surface area contributed by atoms with Crippen molar-refractivity contribution in [3.05, 3.63) is 125 Å². The molecular formula is C34H32N4. The minimum atomic E-state index is 0.0276. The second-order valence-electron chi connectivity index (χ2n) is 12.2. The normalized spacial score (nSPS) is 19.9. The number of hydrogen-bond donors (Lipinski definition) is 0. The summed E-state index contributed by atoms with van der Waals surface area (Å²) >= 11 is 0. The van der Waals surface area contributed by atoms with Crippen LogP contribution >= 0.6 is 0 Å². The minimum Gasteiger partial charge on any atom is -0.249 e. The number of fused-ring (bicyclic) bond motifs is 4. The Bertz CT molecular complexity index is 1600. The third-order valence-corrected chi connectivity index (χ3v) is 7.01. The molecule has 1 aromatic rings. The van der Waals surface area contributed by atoms with E-state index < -0.39 is 0 Å². The highest BCUT2D eigenvalue weighted by atomic mass is 14.8. The maximum Gasteiger partial charge on any atom is 0.0737 e. The minimum absolute atomic E-state index is 0.0276. The van der Waals surface area contributed by atoms with Crippen molar-refractivity contribution in [2.45, 2.75) is 52.4 Å². The van der Waals surface area contributed by atoms with Gasteiger partial charge in [0.05, 0.1) is 45.6 Å². The van der Waals surface area contributed by atoms with Crippen LogP contribution in [0.2, 0.25) is 0 Å². The molecule has 0 unspecified atom stereocenters. The molecule has 0 N–H and O–H groups in total. The van der Waals surface area contributed by atoms with E-state index in [-0.39, 0.29) is 10.8 Å². The first kappa shape index (κ1) is 24.2. The predicted molar refractivity (Wildman–Crippen MR) is 161 cm³/mol. The van der Waals surface area contributed by atoms with Crippen LogP contribution in [0.25, 0.3) is 5.57 Å². The van der Waals surface area contributed by atoms with E-state index in [9.17, 15) is 0 Å². The fourth-order valence-corrected chi connectivity index (χ4v) is 4.78. The zero-order valence-corrected chi connectivity index (χ0v) is 22.9. The van der Waals surface area contributed by atoms with Gasteiger partial charge in [-0.3, -0.25) is 0 Å². The number of nitrogens with zero attached hydrogens (tertiary/aromatic N) is 4. The molecular weight excluding hydrogens is 464 g/mol. The molecule has 38 heavy (non-hydrogen) atoms. The average Bonchev–Trinajstić information content (AvgIpc) is 3.63. The zero-order valence-electron chi connectivity index (χ0n) is 22.9. The highest BCUT2D eigenvalue weighted by Crippen LogP contribution is 2.37. The molecule has 0 saturated heterocycles. The van der Waals surface area contributed by atoms with Crippen LogP contribution in [0.5, 0.6) is 0 Å². The van der Waals surface area contributed by atoms with Crippen LogP contribution in [0.4, 0.5) is 0 Å². The van der Waals surface area contributed by atoms with Gasteiger partial charge in [-0.2, -0.15) is 0 Å². The lowest BCUT2D eigenvalue weighted by atomic mass is 9.78. The van der Waals surface area contributed by atoms with Gasteiger partial charge >= 0.3 is 0 Å². The smallest absolute Gasteiger partial charge is 0.0737 e. The van der Waals surface area contributed by atoms with Gasteiger partial charge in [0.1, 0.15) is 0 Å². The molecule has 0 aliphatic carbocycles. The number of benzene rings is 1. The third kappa shape index (κ3) is 4.87. The van der Waals surface area contributed by atoms with Gasteiger partial charge in [-0.05, 0) is 94.4 Å². The van der Waals surface area contributed by atoms with Gasteiger partial charge in [0, 0.05) is 5.57 Å². The van der Waals surface area contributed by atoms with Crippen molar-refractivity contribution >= 4 is 28.4 Å². The monoisotopic (exact) mass is 496 g/mol. The number of hydrogen-bond acceptors (Lipinski definition) is 4. The van der Waals surface area contributed by atoms with Gasteiger partial charge in [0.25, 0.3) is 0 Å². The lowest BCUT2D eigenvalue weighted by molar-refractivity contribution is 0.568. The molecule has 5 aliphatic rings. The lowest BCUT2D eigenvalue weighted by Crippen LogP contribution is -2.17. The van der Waals surface area contributed by atoms with Gasteiger partial charge in [0.2, 0.25) is 0 Å². The first-order chi connectivity index (χ1) is 18.0. The van der Waals surface area contributed by atoms with Crippen LogP contribution in [0.3, 0.4) is 0 Å². The van der Waals surface area contributed by atoms with Gasteiger partial charge in [-0.1, -0.05) is 59.7 Å². The van der Waals surface area contributed by atoms with Crippen LogP contribution in [0.15, 0.2) is 128 Å². The molecule has 5 aliphatic heterocycles. The zero-order chi connectivity index (χ0) is 26.7. The molecule has 6 rings (SSSR count). The van der Waals surface area contributed by atoms with E-state index in [1.54, 1.807) is 0 Å². The fourth-order valence-electron chi connectivity index (χ4n) is 4.78. The maximum atomic E-state index is 5.05. The molecule has 1 aromatic carbocycles. The highest BCUT2D eigenvalue weighted by molar-refractivity contribution is 6.19. The standard InChI is InChI=1S/C34H32N4/c1-33(2,3)22-13-21(14-23(15-22)34(4,5)6)31-19-30-18-28-10-9-26(36-28)16-24-7-8-25(35-24)17-27-11-12-29(37-27)20-32(31)38-30/h7-20H,1-6H3. The van der Waals surface area contributed by atoms with Crippen molar-refractivity contribution in [1.82, 2.24) is 0 Å². The lowest BCUT2D eigenvalue weighted by Gasteiger charge is -2.26. The topological polar surface area (TPSA) is 49.4 Å². The van der Waals surface area contributed by atoms with E-state index in [0.717, 1.165) is 51.2 Å². The summed E-state index contributed by atoms with van der Waals surface area (Å²) < 4.78 is 0. The molecule has 4 heteroatoms. The molecule has 0 radical (unpaired) electrons. The van der Waals surface area contributed by atoms with Gasteiger partial charge < -0.3 is 0 Å². The van der Waals surface area contributed by atoms with Crippen LogP contribution in [-0.2, 0) is 10.8 Å². The van der Waals surface area contributed by atoms with E-state index in [4.69, 9.17) is 20.0 Å². The molecule has 0 atom stereocenters. The second kappa shape index (κ2) is 8.70. The molecule has 0 spiro atoms. The SMILES string of the molecule is CC(C)(C)c1cc(C2=CC3=NC2=CC2=NC(=CC4=NC(=CC5=NC(=C3)C=C5)C=C4)C=C2)cc(C(C)(C)C)c1. The summed E-state index contributed by atoms with van der Waals surface area (Å²) in [5.41, 5.74) is 12.1. The number of rotatable bonds is 1. The average molecular weight is 497 g/mol. The quantitative estimate of drug-likeness (QED) is 0.382. The molecule has 0 aromatic heterocycles. The van der Waals surface area contributed by atoms with Crippen molar-refractivity contribution in [3.8, 4) is 0 Å². The van der Waals surface area contributed by atoms with Crippen molar-refractivity contribution in [2.75, 3.05) is 0 Å². The Kier molecular flexibility index (Phi) is 5.53. The van der Waals surface area contributed by atoms with Crippen LogP contribution < -0.4 is 0 Å². The summed E-state index contributed by atoms with van der Waals surface area (Å²) in [6.45, 7) is 13.6. The van der Waals surface area contributed by atoms with Crippen molar-refractivity contribution in [3.63, 3.8) is 0 Å². The molecule has 4 nitrogen and oxygen atoms in total. The summed E-state index contributed by atoms with van der Waals surface area (Å²) in [5, 5.41) is 0. The van der Waals surface area contributed by atoms with Crippen LogP contribution in [0, 0.1) is 0 Å². The van der Waals surface area contributed by atoms with E-state index in [1.165, 1.54) is 16.7 Å². The van der Waals surface area contributed by atoms with Gasteiger partial charge in [-0.25, -0.2) is 20.0 Å². The summed E-state index contributed by atoms with van der Waals surface area (Å²) in [6.07, 6.45) is 22.4. The van der Waals surface area contributed by atoms with Crippen molar-refractivity contribution < 1.29 is 0 Å². The fraction of sp³-hybridized carbons (Fsp3) is 0.235. The predicted octanol–water partition coefficient (Wildman–Crippen LogP) is 7.70. The molecule has 0 fully saturated rings. The molecule has 5 heterocycles. The molecule has 8 bridgehead atoms. The first-order valence-electron chi connectivity index (χ1n) is 13.1. The Labute approximate surface area is 225 Å². The Balaban J connectivity index is 1.52. The third-order valence-electron chi connectivity index (χ3n) is 7.01. The first-order valence-corrected chi connectivity index (χ1v) is 13.1. The number of allylic oxidation sites excluding steroid dienone is 12. The van der Waals surface area contributed by atoms with Crippen LogP contribution in [0.1, 0.15) is 58.2 Å². The van der Waals surface area contributed by atoms with Gasteiger partial charge in [0.15, 0.2) is 0 Å².